The highest BCUT2D eigenvalue weighted by Gasteiger charge is 2.32. The van der Waals surface area contributed by atoms with Gasteiger partial charge < -0.3 is 14.4 Å². The first-order valence-corrected chi connectivity index (χ1v) is 12.4. The van der Waals surface area contributed by atoms with E-state index in [1.54, 1.807) is 29.2 Å². The van der Waals surface area contributed by atoms with Gasteiger partial charge in [-0.2, -0.15) is 5.26 Å². The summed E-state index contributed by atoms with van der Waals surface area (Å²) >= 11 is 12.7. The van der Waals surface area contributed by atoms with E-state index in [4.69, 9.17) is 32.7 Å². The molecule has 1 heterocycles. The van der Waals surface area contributed by atoms with Crippen LogP contribution in [-0.2, 0) is 4.79 Å². The predicted octanol–water partition coefficient (Wildman–Crippen LogP) is 7.75. The Kier molecular flexibility index (Phi) is 8.17. The van der Waals surface area contributed by atoms with Crippen LogP contribution < -0.4 is 14.4 Å². The smallest absolute Gasteiger partial charge is 0.227 e. The van der Waals surface area contributed by atoms with Gasteiger partial charge in [-0.3, -0.25) is 4.79 Å². The fourth-order valence-electron chi connectivity index (χ4n) is 4.13. The van der Waals surface area contributed by atoms with Crippen LogP contribution >= 0.6 is 23.2 Å². The van der Waals surface area contributed by atoms with Gasteiger partial charge in [0.2, 0.25) is 5.91 Å². The molecule has 0 aromatic heterocycles. The molecule has 0 radical (unpaired) electrons. The number of unbranched alkanes of at least 4 members (excludes halogenated alkanes) is 2. The molecule has 1 saturated heterocycles. The lowest BCUT2D eigenvalue weighted by molar-refractivity contribution is -0.117. The number of ether oxygens (including phenoxy) is 2. The largest absolute Gasteiger partial charge is 0.494 e. The zero-order valence-electron chi connectivity index (χ0n) is 19.5. The molecule has 0 bridgehead atoms. The Balaban J connectivity index is 1.51. The molecule has 35 heavy (non-hydrogen) atoms. The number of amides is 1. The van der Waals surface area contributed by atoms with Crippen molar-refractivity contribution in [2.75, 3.05) is 18.1 Å². The maximum absolute atomic E-state index is 12.9. The Morgan fingerprint density at radius 3 is 2.69 bits per heavy atom. The zero-order chi connectivity index (χ0) is 24.8. The molecule has 1 amide bonds. The lowest BCUT2D eigenvalue weighted by Gasteiger charge is -2.18. The van der Waals surface area contributed by atoms with Gasteiger partial charge in [0.1, 0.15) is 17.6 Å². The maximum Gasteiger partial charge on any atom is 0.227 e. The first-order chi connectivity index (χ1) is 17.0. The minimum atomic E-state index is -0.0297. The van der Waals surface area contributed by atoms with Gasteiger partial charge in [0, 0.05) is 30.6 Å². The van der Waals surface area contributed by atoms with E-state index < -0.39 is 0 Å². The highest BCUT2D eigenvalue weighted by Crippen LogP contribution is 2.40. The highest BCUT2D eigenvalue weighted by atomic mass is 35.5. The molecule has 5 nitrogen and oxygen atoms in total. The van der Waals surface area contributed by atoms with Crippen molar-refractivity contribution >= 4 is 34.8 Å². The van der Waals surface area contributed by atoms with Crippen LogP contribution in [0.2, 0.25) is 10.0 Å². The Bertz CT molecular complexity index is 1260. The van der Waals surface area contributed by atoms with Gasteiger partial charge in [-0.25, -0.2) is 0 Å². The summed E-state index contributed by atoms with van der Waals surface area (Å²) in [6, 6.07) is 20.2. The van der Waals surface area contributed by atoms with Crippen LogP contribution in [0, 0.1) is 11.3 Å². The molecule has 0 aliphatic carbocycles. The van der Waals surface area contributed by atoms with Crippen molar-refractivity contribution in [2.45, 2.75) is 38.5 Å². The quantitative estimate of drug-likeness (QED) is 0.277. The number of anilines is 1. The van der Waals surface area contributed by atoms with Crippen molar-refractivity contribution in [3.63, 3.8) is 0 Å². The fraction of sp³-hybridized carbons (Fsp3) is 0.286. The van der Waals surface area contributed by atoms with Gasteiger partial charge in [0.25, 0.3) is 0 Å². The first-order valence-electron chi connectivity index (χ1n) is 11.7. The first kappa shape index (κ1) is 24.9. The third kappa shape index (κ3) is 5.90. The van der Waals surface area contributed by atoms with Crippen molar-refractivity contribution in [1.82, 2.24) is 0 Å². The van der Waals surface area contributed by atoms with Gasteiger partial charge in [-0.05, 0) is 48.4 Å². The highest BCUT2D eigenvalue weighted by molar-refractivity contribution is 6.33. The molecule has 4 rings (SSSR count). The van der Waals surface area contributed by atoms with E-state index >= 15 is 0 Å². The number of hydrogen-bond acceptors (Lipinski definition) is 4. The van der Waals surface area contributed by atoms with Crippen LogP contribution in [0.3, 0.4) is 0 Å². The normalized spacial score (nSPS) is 15.2. The summed E-state index contributed by atoms with van der Waals surface area (Å²) in [5.74, 6) is 1.44. The minimum Gasteiger partial charge on any atom is -0.494 e. The van der Waals surface area contributed by atoms with Crippen LogP contribution in [-0.4, -0.2) is 19.1 Å². The molecule has 0 saturated carbocycles. The van der Waals surface area contributed by atoms with Crippen molar-refractivity contribution in [1.29, 1.82) is 5.26 Å². The number of benzene rings is 3. The average Bonchev–Trinajstić information content (AvgIpc) is 3.26. The summed E-state index contributed by atoms with van der Waals surface area (Å²) in [6.07, 6.45) is 3.66. The van der Waals surface area contributed by atoms with Crippen LogP contribution in [0.5, 0.6) is 17.2 Å². The van der Waals surface area contributed by atoms with E-state index in [0.29, 0.717) is 40.9 Å². The molecule has 180 valence electrons. The number of carbonyl (C=O) groups excluding carboxylic acids is 1. The molecule has 0 N–H and O–H groups in total. The van der Waals surface area contributed by atoms with Crippen LogP contribution in [0.4, 0.5) is 5.69 Å². The second-order valence-electron chi connectivity index (χ2n) is 8.48. The van der Waals surface area contributed by atoms with Crippen molar-refractivity contribution in [3.05, 3.63) is 81.8 Å². The van der Waals surface area contributed by atoms with Crippen LogP contribution in [0.15, 0.2) is 60.7 Å². The Morgan fingerprint density at radius 2 is 1.89 bits per heavy atom. The van der Waals surface area contributed by atoms with Crippen molar-refractivity contribution < 1.29 is 14.3 Å². The number of hydrogen-bond donors (Lipinski definition) is 0. The van der Waals surface area contributed by atoms with Gasteiger partial charge >= 0.3 is 0 Å². The summed E-state index contributed by atoms with van der Waals surface area (Å²) < 4.78 is 11.8. The van der Waals surface area contributed by atoms with Crippen molar-refractivity contribution in [3.8, 4) is 23.3 Å². The van der Waals surface area contributed by atoms with Gasteiger partial charge in [0.05, 0.1) is 22.2 Å². The fourth-order valence-corrected chi connectivity index (χ4v) is 4.50. The predicted molar refractivity (Wildman–Crippen MR) is 139 cm³/mol. The molecular weight excluding hydrogens is 483 g/mol. The average molecular weight is 509 g/mol. The summed E-state index contributed by atoms with van der Waals surface area (Å²) in [4.78, 5) is 14.7. The van der Waals surface area contributed by atoms with Crippen LogP contribution in [0.25, 0.3) is 0 Å². The molecule has 0 spiro atoms. The van der Waals surface area contributed by atoms with Gasteiger partial charge in [0.15, 0.2) is 5.75 Å². The summed E-state index contributed by atoms with van der Waals surface area (Å²) in [5, 5.41) is 10.1. The van der Waals surface area contributed by atoms with E-state index in [1.165, 1.54) is 0 Å². The molecule has 1 atom stereocenters. The minimum absolute atomic E-state index is 0.0297. The SMILES string of the molecule is CCCCCOc1cccc(N2C[C@@H](c3ccc(Cl)c(Oc4c(Cl)cccc4C#N)c3)CC2=O)c1. The second-order valence-corrected chi connectivity index (χ2v) is 9.29. The number of halogens is 2. The van der Waals surface area contributed by atoms with Crippen LogP contribution in [0.1, 0.15) is 49.7 Å². The van der Waals surface area contributed by atoms with Crippen molar-refractivity contribution in [2.24, 2.45) is 0 Å². The molecule has 3 aromatic carbocycles. The number of para-hydroxylation sites is 1. The summed E-state index contributed by atoms with van der Waals surface area (Å²) in [6.45, 7) is 3.36. The number of carbonyl (C=O) groups is 1. The molecular formula is C28H26Cl2N2O3. The van der Waals surface area contributed by atoms with E-state index in [-0.39, 0.29) is 17.6 Å². The lowest BCUT2D eigenvalue weighted by Crippen LogP contribution is -2.24. The number of rotatable bonds is 9. The number of nitriles is 1. The van der Waals surface area contributed by atoms with E-state index in [1.807, 2.05) is 36.4 Å². The third-order valence-corrected chi connectivity index (χ3v) is 6.61. The molecule has 1 fully saturated rings. The van der Waals surface area contributed by atoms with E-state index in [2.05, 4.69) is 13.0 Å². The monoisotopic (exact) mass is 508 g/mol. The lowest BCUT2D eigenvalue weighted by atomic mass is 9.98. The Labute approximate surface area is 215 Å². The topological polar surface area (TPSA) is 62.6 Å². The Hall–Kier alpha value is -3.20. The second kappa shape index (κ2) is 11.5. The number of nitrogens with zero attached hydrogens (tertiary/aromatic N) is 2. The van der Waals surface area contributed by atoms with E-state index in [0.717, 1.165) is 36.3 Å². The summed E-state index contributed by atoms with van der Waals surface area (Å²) in [7, 11) is 0. The standard InChI is InChI=1S/C28H26Cl2N2O3/c1-2-3-4-13-34-23-9-6-8-22(16-23)32-18-21(15-27(32)33)19-11-12-24(29)26(14-19)35-28-20(17-31)7-5-10-25(28)30/h5-12,14,16,21H,2-4,13,15,18H2,1H3/t21-/m0/s1. The van der Waals surface area contributed by atoms with Gasteiger partial charge in [-0.15, -0.1) is 0 Å². The Morgan fingerprint density at radius 1 is 1.06 bits per heavy atom. The zero-order valence-corrected chi connectivity index (χ0v) is 21.0. The summed E-state index contributed by atoms with van der Waals surface area (Å²) in [5.41, 5.74) is 2.07. The molecule has 3 aromatic rings. The maximum atomic E-state index is 12.9. The molecule has 1 aliphatic rings. The molecule has 0 unspecified atom stereocenters. The van der Waals surface area contributed by atoms with E-state index in [9.17, 15) is 10.1 Å². The van der Waals surface area contributed by atoms with Gasteiger partial charge in [-0.1, -0.05) is 61.2 Å². The molecule has 1 aliphatic heterocycles. The third-order valence-electron chi connectivity index (χ3n) is 6.00. The molecule has 7 heteroatoms.